The fraction of sp³-hybridized carbons (Fsp3) is 0.588. The molecule has 1 aromatic rings. The van der Waals surface area contributed by atoms with Crippen LogP contribution in [-0.2, 0) is 4.79 Å². The highest BCUT2D eigenvalue weighted by Gasteiger charge is 2.24. The van der Waals surface area contributed by atoms with E-state index >= 15 is 0 Å². The van der Waals surface area contributed by atoms with Crippen LogP contribution >= 0.6 is 11.6 Å². The molecule has 0 bridgehead atoms. The fourth-order valence-corrected chi connectivity index (χ4v) is 3.07. The Kier molecular flexibility index (Phi) is 6.07. The quantitative estimate of drug-likeness (QED) is 0.900. The number of benzene rings is 1. The van der Waals surface area contributed by atoms with Gasteiger partial charge in [0.1, 0.15) is 0 Å². The molecule has 0 aromatic heterocycles. The summed E-state index contributed by atoms with van der Waals surface area (Å²) in [6.45, 7) is 6.61. The number of amides is 1. The first-order chi connectivity index (χ1) is 10.1. The zero-order valence-electron chi connectivity index (χ0n) is 12.9. The number of hydrogen-bond donors (Lipinski definition) is 1. The van der Waals surface area contributed by atoms with E-state index in [4.69, 9.17) is 11.6 Å². The summed E-state index contributed by atoms with van der Waals surface area (Å²) < 4.78 is 0. The van der Waals surface area contributed by atoms with Crippen LogP contribution in [-0.4, -0.2) is 30.4 Å². The maximum Gasteiger partial charge on any atom is 0.222 e. The van der Waals surface area contributed by atoms with E-state index in [9.17, 15) is 4.79 Å². The number of carbonyl (C=O) groups is 1. The Morgan fingerprint density at radius 3 is 2.52 bits per heavy atom. The van der Waals surface area contributed by atoms with Gasteiger partial charge in [-0.05, 0) is 37.6 Å². The number of rotatable bonds is 5. The van der Waals surface area contributed by atoms with Crippen molar-refractivity contribution in [1.82, 2.24) is 10.2 Å². The molecule has 0 spiro atoms. The molecule has 1 fully saturated rings. The molecule has 1 aliphatic heterocycles. The van der Waals surface area contributed by atoms with E-state index in [1.54, 1.807) is 0 Å². The lowest BCUT2D eigenvalue weighted by Gasteiger charge is -2.35. The predicted molar refractivity (Wildman–Crippen MR) is 87.5 cm³/mol. The number of halogens is 1. The zero-order valence-corrected chi connectivity index (χ0v) is 13.7. The Labute approximate surface area is 132 Å². The summed E-state index contributed by atoms with van der Waals surface area (Å²) in [4.78, 5) is 14.3. The monoisotopic (exact) mass is 308 g/mol. The highest BCUT2D eigenvalue weighted by Crippen LogP contribution is 2.29. The van der Waals surface area contributed by atoms with Gasteiger partial charge in [0, 0.05) is 17.5 Å². The normalized spacial score (nSPS) is 17.7. The summed E-state index contributed by atoms with van der Waals surface area (Å²) in [6.07, 6.45) is 3.74. The van der Waals surface area contributed by atoms with Crippen molar-refractivity contribution in [3.63, 3.8) is 0 Å². The van der Waals surface area contributed by atoms with Gasteiger partial charge in [-0.1, -0.05) is 50.1 Å². The number of hydrogen-bond acceptors (Lipinski definition) is 2. The van der Waals surface area contributed by atoms with Gasteiger partial charge in [0.2, 0.25) is 5.91 Å². The van der Waals surface area contributed by atoms with Crippen LogP contribution in [0.5, 0.6) is 0 Å². The molecule has 0 unspecified atom stereocenters. The minimum Gasteiger partial charge on any atom is -0.354 e. The van der Waals surface area contributed by atoms with Crippen LogP contribution < -0.4 is 5.32 Å². The van der Waals surface area contributed by atoms with Crippen LogP contribution in [0.25, 0.3) is 0 Å². The predicted octanol–water partition coefficient (Wildman–Crippen LogP) is 3.64. The first kappa shape index (κ1) is 16.3. The summed E-state index contributed by atoms with van der Waals surface area (Å²) in [5.41, 5.74) is 1.12. The fourth-order valence-electron chi connectivity index (χ4n) is 2.81. The lowest BCUT2D eigenvalue weighted by Crippen LogP contribution is -2.41. The molecule has 1 N–H and O–H groups in total. The molecule has 116 valence electrons. The van der Waals surface area contributed by atoms with E-state index in [2.05, 4.69) is 16.3 Å². The van der Waals surface area contributed by atoms with Crippen molar-refractivity contribution < 1.29 is 4.79 Å². The van der Waals surface area contributed by atoms with Gasteiger partial charge in [-0.3, -0.25) is 9.69 Å². The van der Waals surface area contributed by atoms with E-state index < -0.39 is 0 Å². The van der Waals surface area contributed by atoms with Crippen LogP contribution in [0.3, 0.4) is 0 Å². The van der Waals surface area contributed by atoms with Crippen molar-refractivity contribution in [3.05, 3.63) is 34.9 Å². The molecule has 4 heteroatoms. The van der Waals surface area contributed by atoms with E-state index in [1.165, 1.54) is 19.3 Å². The Bertz CT molecular complexity index is 470. The number of nitrogens with one attached hydrogen (secondary N) is 1. The molecule has 1 aromatic carbocycles. The second kappa shape index (κ2) is 7.81. The standard InChI is InChI=1S/C17H25ClN2O/c1-13(2)17(21)19-12-16(20-10-6-3-7-11-20)14-8-4-5-9-15(14)18/h4-5,8-9,13,16H,3,6-7,10-12H2,1-2H3,(H,19,21)/t16-/m0/s1. The number of nitrogens with zero attached hydrogens (tertiary/aromatic N) is 1. The van der Waals surface area contributed by atoms with Gasteiger partial charge in [0.25, 0.3) is 0 Å². The molecule has 3 nitrogen and oxygen atoms in total. The van der Waals surface area contributed by atoms with Crippen molar-refractivity contribution in [2.45, 2.75) is 39.2 Å². The first-order valence-corrected chi connectivity index (χ1v) is 8.23. The van der Waals surface area contributed by atoms with Crippen molar-refractivity contribution in [2.24, 2.45) is 5.92 Å². The third-order valence-corrected chi connectivity index (χ3v) is 4.43. The maximum absolute atomic E-state index is 11.9. The highest BCUT2D eigenvalue weighted by atomic mass is 35.5. The second-order valence-corrected chi connectivity index (χ2v) is 6.44. The maximum atomic E-state index is 11.9. The molecule has 1 atom stereocenters. The molecule has 2 rings (SSSR count). The first-order valence-electron chi connectivity index (χ1n) is 7.85. The minimum absolute atomic E-state index is 0.0123. The van der Waals surface area contributed by atoms with Crippen molar-refractivity contribution in [1.29, 1.82) is 0 Å². The van der Waals surface area contributed by atoms with Crippen LogP contribution in [0.15, 0.2) is 24.3 Å². The highest BCUT2D eigenvalue weighted by molar-refractivity contribution is 6.31. The van der Waals surface area contributed by atoms with E-state index in [1.807, 2.05) is 32.0 Å². The van der Waals surface area contributed by atoms with Gasteiger partial charge < -0.3 is 5.32 Å². The van der Waals surface area contributed by atoms with Gasteiger partial charge >= 0.3 is 0 Å². The van der Waals surface area contributed by atoms with Gasteiger partial charge in [-0.25, -0.2) is 0 Å². The van der Waals surface area contributed by atoms with E-state index in [-0.39, 0.29) is 17.9 Å². The molecule has 0 radical (unpaired) electrons. The Balaban J connectivity index is 2.14. The topological polar surface area (TPSA) is 32.3 Å². The van der Waals surface area contributed by atoms with Crippen molar-refractivity contribution in [3.8, 4) is 0 Å². The average Bonchev–Trinajstić information content (AvgIpc) is 2.50. The van der Waals surface area contributed by atoms with E-state index in [0.717, 1.165) is 23.7 Å². The number of carbonyl (C=O) groups excluding carboxylic acids is 1. The molecule has 1 amide bonds. The van der Waals surface area contributed by atoms with Crippen LogP contribution in [0.4, 0.5) is 0 Å². The number of piperidine rings is 1. The molecule has 0 saturated carbocycles. The zero-order chi connectivity index (χ0) is 15.2. The van der Waals surface area contributed by atoms with Crippen LogP contribution in [0.2, 0.25) is 5.02 Å². The third-order valence-electron chi connectivity index (χ3n) is 4.09. The van der Waals surface area contributed by atoms with Gasteiger partial charge in [-0.15, -0.1) is 0 Å². The summed E-state index contributed by atoms with van der Waals surface area (Å²) >= 11 is 6.38. The van der Waals surface area contributed by atoms with Crippen LogP contribution in [0.1, 0.15) is 44.7 Å². The average molecular weight is 309 g/mol. The smallest absolute Gasteiger partial charge is 0.222 e. The molecule has 21 heavy (non-hydrogen) atoms. The summed E-state index contributed by atoms with van der Waals surface area (Å²) in [6, 6.07) is 8.14. The molecule has 1 aliphatic rings. The lowest BCUT2D eigenvalue weighted by molar-refractivity contribution is -0.124. The van der Waals surface area contributed by atoms with Crippen molar-refractivity contribution in [2.75, 3.05) is 19.6 Å². The third kappa shape index (κ3) is 4.45. The lowest BCUT2D eigenvalue weighted by atomic mass is 10.0. The second-order valence-electron chi connectivity index (χ2n) is 6.03. The summed E-state index contributed by atoms with van der Waals surface area (Å²) in [5, 5.41) is 3.85. The van der Waals surface area contributed by atoms with Gasteiger partial charge in [-0.2, -0.15) is 0 Å². The number of likely N-dealkylation sites (tertiary alicyclic amines) is 1. The van der Waals surface area contributed by atoms with Crippen LogP contribution in [0, 0.1) is 5.92 Å². The van der Waals surface area contributed by atoms with E-state index in [0.29, 0.717) is 6.54 Å². The molecule has 0 aliphatic carbocycles. The molecule has 1 heterocycles. The Hall–Kier alpha value is -1.06. The summed E-state index contributed by atoms with van der Waals surface area (Å²) in [7, 11) is 0. The molecular formula is C17H25ClN2O. The largest absolute Gasteiger partial charge is 0.354 e. The van der Waals surface area contributed by atoms with Gasteiger partial charge in [0.15, 0.2) is 0 Å². The Morgan fingerprint density at radius 1 is 1.24 bits per heavy atom. The van der Waals surface area contributed by atoms with Crippen molar-refractivity contribution >= 4 is 17.5 Å². The van der Waals surface area contributed by atoms with Gasteiger partial charge in [0.05, 0.1) is 6.04 Å². The molecule has 1 saturated heterocycles. The SMILES string of the molecule is CC(C)C(=O)NC[C@@H](c1ccccc1Cl)N1CCCCC1. The summed E-state index contributed by atoms with van der Waals surface area (Å²) in [5.74, 6) is 0.113. The molecular weight excluding hydrogens is 284 g/mol. The Morgan fingerprint density at radius 2 is 1.90 bits per heavy atom. The minimum atomic E-state index is 0.0123.